The molecule has 146 valence electrons. The molecule has 2 aromatic rings. The van der Waals surface area contributed by atoms with Gasteiger partial charge in [-0.05, 0) is 31.0 Å². The van der Waals surface area contributed by atoms with Gasteiger partial charge in [-0.25, -0.2) is 4.79 Å². The Balaban J connectivity index is 1.29. The molecule has 1 fully saturated rings. The van der Waals surface area contributed by atoms with Crippen molar-refractivity contribution < 1.29 is 14.3 Å². The van der Waals surface area contributed by atoms with Crippen LogP contribution >= 0.6 is 0 Å². The fourth-order valence-electron chi connectivity index (χ4n) is 3.85. The zero-order chi connectivity index (χ0) is 19.3. The molecule has 1 unspecified atom stereocenters. The number of ether oxygens (including phenoxy) is 1. The number of piperidine rings is 1. The molecule has 0 spiro atoms. The lowest BCUT2D eigenvalue weighted by atomic mass is 9.94. The number of hydrogen-bond acceptors (Lipinski definition) is 3. The Kier molecular flexibility index (Phi) is 5.46. The van der Waals surface area contributed by atoms with E-state index >= 15 is 0 Å². The zero-order valence-corrected chi connectivity index (χ0v) is 15.8. The molecule has 2 N–H and O–H groups in total. The van der Waals surface area contributed by atoms with Crippen molar-refractivity contribution in [3.8, 4) is 5.75 Å². The number of carbonyl (C=O) groups excluding carboxylic acids is 2. The molecule has 2 aliphatic heterocycles. The largest absolute Gasteiger partial charge is 0.493 e. The van der Waals surface area contributed by atoms with Crippen LogP contribution in [0.15, 0.2) is 54.6 Å². The summed E-state index contributed by atoms with van der Waals surface area (Å²) in [6.07, 6.45) is 2.14. The maximum Gasteiger partial charge on any atom is 0.321 e. The zero-order valence-electron chi connectivity index (χ0n) is 15.8. The van der Waals surface area contributed by atoms with Crippen molar-refractivity contribution in [1.29, 1.82) is 0 Å². The van der Waals surface area contributed by atoms with Gasteiger partial charge in [-0.2, -0.15) is 0 Å². The lowest BCUT2D eigenvalue weighted by Crippen LogP contribution is -2.45. The van der Waals surface area contributed by atoms with Crippen LogP contribution in [0.5, 0.6) is 5.75 Å². The molecule has 2 aliphatic rings. The Hall–Kier alpha value is -3.02. The number of carbonyl (C=O) groups is 2. The number of rotatable bonds is 3. The van der Waals surface area contributed by atoms with E-state index in [0.717, 1.165) is 23.4 Å². The maximum absolute atomic E-state index is 12.8. The second-order valence-electron chi connectivity index (χ2n) is 7.29. The average Bonchev–Trinajstić information content (AvgIpc) is 2.75. The number of likely N-dealkylation sites (tertiary alicyclic amines) is 1. The molecule has 3 amide bonds. The van der Waals surface area contributed by atoms with E-state index in [4.69, 9.17) is 4.74 Å². The molecule has 6 heteroatoms. The highest BCUT2D eigenvalue weighted by molar-refractivity contribution is 5.89. The van der Waals surface area contributed by atoms with E-state index in [1.54, 1.807) is 4.90 Å². The number of para-hydroxylation sites is 2. The van der Waals surface area contributed by atoms with Gasteiger partial charge in [-0.3, -0.25) is 4.79 Å². The van der Waals surface area contributed by atoms with Gasteiger partial charge in [-0.1, -0.05) is 36.4 Å². The topological polar surface area (TPSA) is 70.7 Å². The summed E-state index contributed by atoms with van der Waals surface area (Å²) in [6.45, 7) is 1.78. The standard InChI is InChI=1S/C22H25N3O3/c26-21(24-19-12-15-28-20-9-5-4-8-18(19)20)16-10-13-25(14-11-16)22(27)23-17-6-2-1-3-7-17/h1-9,16,19H,10-15H2,(H,23,27)(H,24,26). The first kappa shape index (κ1) is 18.3. The van der Waals surface area contributed by atoms with Crippen LogP contribution in [0.4, 0.5) is 10.5 Å². The minimum Gasteiger partial charge on any atom is -0.493 e. The van der Waals surface area contributed by atoms with Gasteiger partial charge in [0.25, 0.3) is 0 Å². The molecule has 28 heavy (non-hydrogen) atoms. The predicted octanol–water partition coefficient (Wildman–Crippen LogP) is 3.57. The Bertz CT molecular complexity index is 832. The third-order valence-corrected chi connectivity index (χ3v) is 5.45. The van der Waals surface area contributed by atoms with Gasteiger partial charge in [0, 0.05) is 36.7 Å². The van der Waals surface area contributed by atoms with Crippen LogP contribution < -0.4 is 15.4 Å². The van der Waals surface area contributed by atoms with Crippen molar-refractivity contribution in [3.63, 3.8) is 0 Å². The van der Waals surface area contributed by atoms with Crippen LogP contribution in [0.1, 0.15) is 30.9 Å². The number of amides is 3. The van der Waals surface area contributed by atoms with Gasteiger partial charge in [0.1, 0.15) is 5.75 Å². The highest BCUT2D eigenvalue weighted by Crippen LogP contribution is 2.32. The monoisotopic (exact) mass is 379 g/mol. The Labute approximate surface area is 164 Å². The summed E-state index contributed by atoms with van der Waals surface area (Å²) in [5.74, 6) is 0.868. The fourth-order valence-corrected chi connectivity index (χ4v) is 3.85. The average molecular weight is 379 g/mol. The maximum atomic E-state index is 12.8. The number of benzene rings is 2. The summed E-state index contributed by atoms with van der Waals surface area (Å²) >= 11 is 0. The number of nitrogens with zero attached hydrogens (tertiary/aromatic N) is 1. The Morgan fingerprint density at radius 3 is 2.43 bits per heavy atom. The summed E-state index contributed by atoms with van der Waals surface area (Å²) < 4.78 is 5.67. The van der Waals surface area contributed by atoms with Crippen molar-refractivity contribution in [1.82, 2.24) is 10.2 Å². The summed E-state index contributed by atoms with van der Waals surface area (Å²) in [7, 11) is 0. The smallest absolute Gasteiger partial charge is 0.321 e. The van der Waals surface area contributed by atoms with E-state index in [2.05, 4.69) is 10.6 Å². The van der Waals surface area contributed by atoms with Crippen LogP contribution in [0, 0.1) is 5.92 Å². The first-order valence-electron chi connectivity index (χ1n) is 9.84. The van der Waals surface area contributed by atoms with Crippen molar-refractivity contribution in [2.75, 3.05) is 25.0 Å². The highest BCUT2D eigenvalue weighted by atomic mass is 16.5. The van der Waals surface area contributed by atoms with Gasteiger partial charge in [-0.15, -0.1) is 0 Å². The molecular weight excluding hydrogens is 354 g/mol. The number of nitrogens with one attached hydrogen (secondary N) is 2. The van der Waals surface area contributed by atoms with Crippen molar-refractivity contribution >= 4 is 17.6 Å². The van der Waals surface area contributed by atoms with Crippen molar-refractivity contribution in [3.05, 3.63) is 60.2 Å². The van der Waals surface area contributed by atoms with Crippen LogP contribution in [0.2, 0.25) is 0 Å². The van der Waals surface area contributed by atoms with E-state index in [-0.39, 0.29) is 23.9 Å². The first-order chi connectivity index (χ1) is 13.7. The second kappa shape index (κ2) is 8.33. The first-order valence-corrected chi connectivity index (χ1v) is 9.84. The molecule has 1 saturated heterocycles. The normalized spacial score (nSPS) is 19.3. The quantitative estimate of drug-likeness (QED) is 0.856. The lowest BCUT2D eigenvalue weighted by Gasteiger charge is -2.33. The van der Waals surface area contributed by atoms with E-state index in [9.17, 15) is 9.59 Å². The highest BCUT2D eigenvalue weighted by Gasteiger charge is 2.30. The Morgan fingerprint density at radius 2 is 1.64 bits per heavy atom. The molecule has 0 aromatic heterocycles. The Morgan fingerprint density at radius 1 is 0.929 bits per heavy atom. The molecule has 4 rings (SSSR count). The van der Waals surface area contributed by atoms with E-state index in [1.807, 2.05) is 54.6 Å². The van der Waals surface area contributed by atoms with Crippen molar-refractivity contribution in [2.24, 2.45) is 5.92 Å². The minimum atomic E-state index is -0.108. The molecule has 2 heterocycles. The predicted molar refractivity (Wildman–Crippen MR) is 107 cm³/mol. The van der Waals surface area contributed by atoms with Gasteiger partial charge < -0.3 is 20.3 Å². The van der Waals surface area contributed by atoms with Gasteiger partial charge in [0.05, 0.1) is 12.6 Å². The number of anilines is 1. The molecular formula is C22H25N3O3. The van der Waals surface area contributed by atoms with Crippen LogP contribution in [-0.4, -0.2) is 36.5 Å². The second-order valence-corrected chi connectivity index (χ2v) is 7.29. The van der Waals surface area contributed by atoms with Crippen LogP contribution in [0.25, 0.3) is 0 Å². The summed E-state index contributed by atoms with van der Waals surface area (Å²) in [5.41, 5.74) is 1.83. The molecule has 1 atom stereocenters. The molecule has 0 saturated carbocycles. The SMILES string of the molecule is O=C(NC1CCOc2ccccc21)C1CCN(C(=O)Nc2ccccc2)CC1. The third-order valence-electron chi connectivity index (χ3n) is 5.45. The van der Waals surface area contributed by atoms with Crippen molar-refractivity contribution in [2.45, 2.75) is 25.3 Å². The van der Waals surface area contributed by atoms with Crippen LogP contribution in [0.3, 0.4) is 0 Å². The van der Waals surface area contributed by atoms with Gasteiger partial charge >= 0.3 is 6.03 Å². The van der Waals surface area contributed by atoms with Gasteiger partial charge in [0.2, 0.25) is 5.91 Å². The number of fused-ring (bicyclic) bond motifs is 1. The summed E-state index contributed by atoms with van der Waals surface area (Å²) in [5, 5.41) is 6.10. The number of hydrogen-bond donors (Lipinski definition) is 2. The third kappa shape index (κ3) is 4.11. The molecule has 2 aromatic carbocycles. The summed E-state index contributed by atoms with van der Waals surface area (Å²) in [4.78, 5) is 26.9. The van der Waals surface area contributed by atoms with Gasteiger partial charge in [0.15, 0.2) is 0 Å². The van der Waals surface area contributed by atoms with E-state index in [0.29, 0.717) is 32.5 Å². The van der Waals surface area contributed by atoms with E-state index < -0.39 is 0 Å². The minimum absolute atomic E-state index is 0.00291. The molecule has 0 radical (unpaired) electrons. The lowest BCUT2D eigenvalue weighted by molar-refractivity contribution is -0.127. The molecule has 6 nitrogen and oxygen atoms in total. The fraction of sp³-hybridized carbons (Fsp3) is 0.364. The molecule has 0 bridgehead atoms. The van der Waals surface area contributed by atoms with E-state index in [1.165, 1.54) is 0 Å². The summed E-state index contributed by atoms with van der Waals surface area (Å²) in [6, 6.07) is 17.2. The molecule has 0 aliphatic carbocycles. The van der Waals surface area contributed by atoms with Crippen LogP contribution in [-0.2, 0) is 4.79 Å². The number of urea groups is 1.